The van der Waals surface area contributed by atoms with Crippen LogP contribution in [0.3, 0.4) is 0 Å². The maximum absolute atomic E-state index is 12.7. The number of likely N-dealkylation sites (N-methyl/N-ethyl adjacent to an activating group) is 1. The number of hydrogen-bond acceptors (Lipinski definition) is 2. The van der Waals surface area contributed by atoms with E-state index < -0.39 is 11.9 Å². The van der Waals surface area contributed by atoms with Crippen molar-refractivity contribution in [2.75, 3.05) is 11.9 Å². The topological polar surface area (TPSA) is 40.6 Å². The Labute approximate surface area is 149 Å². The Morgan fingerprint density at radius 3 is 2.12 bits per heavy atom. The second-order valence-corrected chi connectivity index (χ2v) is 6.42. The molecule has 0 N–H and O–H groups in total. The van der Waals surface area contributed by atoms with Gasteiger partial charge in [-0.3, -0.25) is 9.69 Å². The maximum Gasteiger partial charge on any atom is 0.336 e. The number of anilines is 1. The van der Waals surface area contributed by atoms with Crippen LogP contribution in [0.2, 0.25) is 10.0 Å². The summed E-state index contributed by atoms with van der Waals surface area (Å²) in [7, 11) is 1.56. The van der Waals surface area contributed by atoms with E-state index in [9.17, 15) is 9.59 Å². The van der Waals surface area contributed by atoms with Crippen LogP contribution in [-0.4, -0.2) is 23.9 Å². The molecule has 122 valence electrons. The monoisotopic (exact) mass is 360 g/mol. The third-order valence-corrected chi connectivity index (χ3v) is 4.18. The van der Waals surface area contributed by atoms with E-state index in [1.165, 1.54) is 17.0 Å². The molecule has 3 amide bonds. The van der Waals surface area contributed by atoms with E-state index in [0.29, 0.717) is 21.4 Å². The normalized spacial score (nSPS) is 16.4. The first kappa shape index (κ1) is 16.6. The molecule has 4 nitrogen and oxygen atoms in total. The molecule has 1 saturated heterocycles. The van der Waals surface area contributed by atoms with Crippen molar-refractivity contribution < 1.29 is 9.59 Å². The second-order valence-electron chi connectivity index (χ2n) is 5.55. The zero-order valence-corrected chi connectivity index (χ0v) is 14.6. The minimum atomic E-state index is -0.448. The molecule has 1 heterocycles. The molecule has 6 heteroatoms. The molecule has 0 aliphatic carbocycles. The molecule has 0 radical (unpaired) electrons. The molecule has 3 rings (SSSR count). The van der Waals surface area contributed by atoms with E-state index in [0.717, 1.165) is 16.0 Å². The van der Waals surface area contributed by atoms with Crippen LogP contribution in [0.15, 0.2) is 48.2 Å². The number of aryl methyl sites for hydroxylation is 1. The summed E-state index contributed by atoms with van der Waals surface area (Å²) in [6, 6.07) is 11.9. The number of carbonyl (C=O) groups excluding carboxylic acids is 2. The average molecular weight is 361 g/mol. The van der Waals surface area contributed by atoms with Gasteiger partial charge in [0.05, 0.1) is 5.69 Å². The van der Waals surface area contributed by atoms with Gasteiger partial charge in [0.1, 0.15) is 5.70 Å². The van der Waals surface area contributed by atoms with Gasteiger partial charge in [0, 0.05) is 17.1 Å². The highest BCUT2D eigenvalue weighted by Gasteiger charge is 2.40. The number of rotatable bonds is 2. The van der Waals surface area contributed by atoms with Gasteiger partial charge in [-0.15, -0.1) is 0 Å². The molecule has 0 spiro atoms. The molecule has 0 atom stereocenters. The van der Waals surface area contributed by atoms with Gasteiger partial charge in [0.25, 0.3) is 5.91 Å². The number of urea groups is 1. The first-order valence-electron chi connectivity index (χ1n) is 7.23. The standard InChI is InChI=1S/C18H14Cl2N2O2/c1-11-3-5-12(6-4-11)7-16-17(23)22(18(24)21(16)2)15-9-13(19)8-14(20)10-15/h3-10H,1-2H3/b16-7+. The van der Waals surface area contributed by atoms with E-state index >= 15 is 0 Å². The molecule has 0 bridgehead atoms. The summed E-state index contributed by atoms with van der Waals surface area (Å²) in [5, 5.41) is 0.716. The minimum absolute atomic E-state index is 0.292. The quantitative estimate of drug-likeness (QED) is 0.573. The second kappa shape index (κ2) is 6.30. The number of amides is 3. The van der Waals surface area contributed by atoms with Crippen LogP contribution in [0.25, 0.3) is 6.08 Å². The average Bonchev–Trinajstić information content (AvgIpc) is 2.72. The summed E-state index contributed by atoms with van der Waals surface area (Å²) < 4.78 is 0. The highest BCUT2D eigenvalue weighted by molar-refractivity contribution is 6.36. The van der Waals surface area contributed by atoms with Crippen molar-refractivity contribution in [3.8, 4) is 0 Å². The number of hydrogen-bond donors (Lipinski definition) is 0. The van der Waals surface area contributed by atoms with E-state index in [1.54, 1.807) is 19.2 Å². The van der Waals surface area contributed by atoms with Gasteiger partial charge in [0.15, 0.2) is 0 Å². The number of halogens is 2. The van der Waals surface area contributed by atoms with Gasteiger partial charge in [-0.25, -0.2) is 9.69 Å². The molecular formula is C18H14Cl2N2O2. The molecule has 2 aromatic rings. The van der Waals surface area contributed by atoms with Crippen LogP contribution in [0.4, 0.5) is 10.5 Å². The third kappa shape index (κ3) is 3.03. The zero-order valence-electron chi connectivity index (χ0n) is 13.1. The SMILES string of the molecule is Cc1ccc(/C=C2\C(=O)N(c3cc(Cl)cc(Cl)c3)C(=O)N2C)cc1. The van der Waals surface area contributed by atoms with Crippen molar-refractivity contribution in [2.45, 2.75) is 6.92 Å². The summed E-state index contributed by atoms with van der Waals surface area (Å²) in [5.41, 5.74) is 2.60. The third-order valence-electron chi connectivity index (χ3n) is 3.75. The van der Waals surface area contributed by atoms with Gasteiger partial charge in [-0.1, -0.05) is 53.0 Å². The first-order chi connectivity index (χ1) is 11.4. The van der Waals surface area contributed by atoms with Crippen molar-refractivity contribution in [3.05, 3.63) is 69.3 Å². The Bertz CT molecular complexity index is 840. The first-order valence-corrected chi connectivity index (χ1v) is 7.99. The maximum atomic E-state index is 12.7. The minimum Gasteiger partial charge on any atom is -0.292 e. The molecule has 0 unspecified atom stereocenters. The number of imide groups is 1. The van der Waals surface area contributed by atoms with E-state index in [2.05, 4.69) is 0 Å². The summed E-state index contributed by atoms with van der Waals surface area (Å²) >= 11 is 12.0. The Kier molecular flexibility index (Phi) is 4.35. The summed E-state index contributed by atoms with van der Waals surface area (Å²) in [5.74, 6) is -0.415. The lowest BCUT2D eigenvalue weighted by atomic mass is 10.1. The van der Waals surface area contributed by atoms with Gasteiger partial charge in [0.2, 0.25) is 0 Å². The molecule has 1 aliphatic rings. The molecule has 0 aromatic heterocycles. The highest BCUT2D eigenvalue weighted by Crippen LogP contribution is 2.31. The summed E-state index contributed by atoms with van der Waals surface area (Å²) in [4.78, 5) is 27.6. The smallest absolute Gasteiger partial charge is 0.292 e. The van der Waals surface area contributed by atoms with Crippen molar-refractivity contribution in [3.63, 3.8) is 0 Å². The van der Waals surface area contributed by atoms with Crippen LogP contribution in [0.5, 0.6) is 0 Å². The molecule has 0 saturated carbocycles. The van der Waals surface area contributed by atoms with E-state index in [-0.39, 0.29) is 0 Å². The van der Waals surface area contributed by atoms with Crippen LogP contribution >= 0.6 is 23.2 Å². The van der Waals surface area contributed by atoms with Gasteiger partial charge in [-0.2, -0.15) is 0 Å². The van der Waals surface area contributed by atoms with Crippen molar-refractivity contribution in [1.29, 1.82) is 0 Å². The Morgan fingerprint density at radius 1 is 0.958 bits per heavy atom. The number of benzene rings is 2. The van der Waals surface area contributed by atoms with Crippen LogP contribution in [-0.2, 0) is 4.79 Å². The number of nitrogens with zero attached hydrogens (tertiary/aromatic N) is 2. The molecule has 1 fully saturated rings. The molecule has 24 heavy (non-hydrogen) atoms. The molecule has 1 aliphatic heterocycles. The predicted molar refractivity (Wildman–Crippen MR) is 96.3 cm³/mol. The Morgan fingerprint density at radius 2 is 1.54 bits per heavy atom. The summed E-state index contributed by atoms with van der Waals surface area (Å²) in [6.07, 6.45) is 1.69. The van der Waals surface area contributed by atoms with Gasteiger partial charge >= 0.3 is 6.03 Å². The fourth-order valence-electron chi connectivity index (χ4n) is 2.47. The Hall–Kier alpha value is -2.30. The van der Waals surface area contributed by atoms with Gasteiger partial charge < -0.3 is 0 Å². The lowest BCUT2D eigenvalue weighted by Gasteiger charge is -2.14. The van der Waals surface area contributed by atoms with E-state index in [4.69, 9.17) is 23.2 Å². The fraction of sp³-hybridized carbons (Fsp3) is 0.111. The van der Waals surface area contributed by atoms with Crippen LogP contribution in [0.1, 0.15) is 11.1 Å². The van der Waals surface area contributed by atoms with E-state index in [1.807, 2.05) is 31.2 Å². The lowest BCUT2D eigenvalue weighted by molar-refractivity contribution is -0.114. The number of carbonyl (C=O) groups is 2. The molecular weight excluding hydrogens is 347 g/mol. The van der Waals surface area contributed by atoms with Gasteiger partial charge in [-0.05, 0) is 36.8 Å². The predicted octanol–water partition coefficient (Wildman–Crippen LogP) is 4.74. The molecule has 2 aromatic carbocycles. The summed E-state index contributed by atoms with van der Waals surface area (Å²) in [6.45, 7) is 1.98. The largest absolute Gasteiger partial charge is 0.336 e. The zero-order chi connectivity index (χ0) is 17.4. The van der Waals surface area contributed by atoms with Crippen molar-refractivity contribution in [1.82, 2.24) is 4.90 Å². The Balaban J connectivity index is 2.01. The lowest BCUT2D eigenvalue weighted by Crippen LogP contribution is -2.31. The van der Waals surface area contributed by atoms with Crippen LogP contribution in [0, 0.1) is 6.92 Å². The van der Waals surface area contributed by atoms with Crippen LogP contribution < -0.4 is 4.90 Å². The van der Waals surface area contributed by atoms with Crippen molar-refractivity contribution in [2.24, 2.45) is 0 Å². The highest BCUT2D eigenvalue weighted by atomic mass is 35.5. The fourth-order valence-corrected chi connectivity index (χ4v) is 2.99. The van der Waals surface area contributed by atoms with Crippen molar-refractivity contribution >= 4 is 46.9 Å².